The molecule has 29 heavy (non-hydrogen) atoms. The van der Waals surface area contributed by atoms with Crippen molar-refractivity contribution in [1.29, 1.82) is 0 Å². The van der Waals surface area contributed by atoms with Crippen LogP contribution in [0.3, 0.4) is 0 Å². The van der Waals surface area contributed by atoms with Gasteiger partial charge in [-0.1, -0.05) is 29.8 Å². The number of aryl methyl sites for hydroxylation is 2. The van der Waals surface area contributed by atoms with Gasteiger partial charge in [0.05, 0.1) is 5.69 Å². The van der Waals surface area contributed by atoms with E-state index in [1.165, 1.54) is 11.1 Å². The Bertz CT molecular complexity index is 1110. The van der Waals surface area contributed by atoms with Gasteiger partial charge in [-0.05, 0) is 57.0 Å². The smallest absolute Gasteiger partial charge is 0.226 e. The lowest BCUT2D eigenvalue weighted by atomic mass is 9.98. The first kappa shape index (κ1) is 18.1. The molecule has 4 aromatic rings. The molecule has 0 N–H and O–H groups in total. The van der Waals surface area contributed by atoms with E-state index in [4.69, 9.17) is 18.8 Å². The van der Waals surface area contributed by atoms with Gasteiger partial charge in [0.1, 0.15) is 11.8 Å². The van der Waals surface area contributed by atoms with Crippen molar-refractivity contribution < 1.29 is 8.83 Å². The second-order valence-corrected chi connectivity index (χ2v) is 8.06. The van der Waals surface area contributed by atoms with E-state index in [0.717, 1.165) is 60.7 Å². The first-order valence-electron chi connectivity index (χ1n) is 10.3. The number of rotatable bonds is 4. The molecule has 1 unspecified atom stereocenters. The van der Waals surface area contributed by atoms with Crippen LogP contribution >= 0.6 is 0 Å². The lowest BCUT2D eigenvalue weighted by Gasteiger charge is -2.30. The molecule has 148 valence electrons. The third-order valence-electron chi connectivity index (χ3n) is 5.71. The number of hydrogen-bond donors (Lipinski definition) is 0. The highest BCUT2D eigenvalue weighted by atomic mass is 16.3. The zero-order valence-corrected chi connectivity index (χ0v) is 16.9. The summed E-state index contributed by atoms with van der Waals surface area (Å²) in [4.78, 5) is 11.9. The third kappa shape index (κ3) is 3.70. The number of hydrogen-bond acceptors (Lipinski definition) is 5. The lowest BCUT2D eigenvalue weighted by Crippen LogP contribution is -2.34. The number of aromatic nitrogens is 2. The summed E-state index contributed by atoms with van der Waals surface area (Å²) in [7, 11) is 0. The number of oxazole rings is 2. The minimum absolute atomic E-state index is 0.321. The van der Waals surface area contributed by atoms with Gasteiger partial charge < -0.3 is 8.83 Å². The summed E-state index contributed by atoms with van der Waals surface area (Å²) >= 11 is 0. The number of likely N-dealkylation sites (tertiary alicyclic amines) is 1. The van der Waals surface area contributed by atoms with Gasteiger partial charge in [0, 0.05) is 24.6 Å². The molecule has 0 amide bonds. The number of fused-ring (bicyclic) bond motifs is 1. The molecule has 2 aromatic heterocycles. The molecule has 0 aliphatic carbocycles. The quantitative estimate of drug-likeness (QED) is 0.464. The molecule has 1 saturated heterocycles. The van der Waals surface area contributed by atoms with Crippen molar-refractivity contribution in [2.45, 2.75) is 39.2 Å². The van der Waals surface area contributed by atoms with E-state index in [-0.39, 0.29) is 0 Å². The Hall–Kier alpha value is -2.92. The Morgan fingerprint density at radius 2 is 2.00 bits per heavy atom. The van der Waals surface area contributed by atoms with E-state index in [0.29, 0.717) is 11.8 Å². The average Bonchev–Trinajstić information content (AvgIpc) is 3.35. The molecule has 3 heterocycles. The summed E-state index contributed by atoms with van der Waals surface area (Å²) in [5.41, 5.74) is 6.27. The summed E-state index contributed by atoms with van der Waals surface area (Å²) in [6.07, 6.45) is 4.03. The standard InChI is InChI=1S/C24H25N3O2/c1-16-9-10-20(17(2)12-16)24-25-19(15-28-24)14-27-11-5-6-18(13-27)23-26-21-7-3-4-8-22(21)29-23/h3-4,7-10,12,15,18H,5-6,11,13-14H2,1-2H3. The fourth-order valence-corrected chi connectivity index (χ4v) is 4.25. The highest BCUT2D eigenvalue weighted by Crippen LogP contribution is 2.30. The molecule has 1 aliphatic heterocycles. The van der Waals surface area contributed by atoms with Gasteiger partial charge in [-0.3, -0.25) is 4.90 Å². The second-order valence-electron chi connectivity index (χ2n) is 8.06. The fourth-order valence-electron chi connectivity index (χ4n) is 4.25. The molecule has 0 spiro atoms. The van der Waals surface area contributed by atoms with Gasteiger partial charge in [-0.2, -0.15) is 0 Å². The molecule has 0 radical (unpaired) electrons. The van der Waals surface area contributed by atoms with Gasteiger partial charge in [0.2, 0.25) is 5.89 Å². The molecule has 0 bridgehead atoms. The highest BCUT2D eigenvalue weighted by Gasteiger charge is 2.26. The maximum Gasteiger partial charge on any atom is 0.226 e. The van der Waals surface area contributed by atoms with Crippen LogP contribution in [0.2, 0.25) is 0 Å². The Kier molecular flexibility index (Phi) is 4.68. The molecule has 0 saturated carbocycles. The van der Waals surface area contributed by atoms with Gasteiger partial charge in [0.25, 0.3) is 0 Å². The van der Waals surface area contributed by atoms with Crippen molar-refractivity contribution >= 4 is 11.1 Å². The number of nitrogens with zero attached hydrogens (tertiary/aromatic N) is 3. The number of para-hydroxylation sites is 2. The molecular formula is C24H25N3O2. The van der Waals surface area contributed by atoms with Crippen LogP contribution in [-0.2, 0) is 6.54 Å². The van der Waals surface area contributed by atoms with Gasteiger partial charge >= 0.3 is 0 Å². The minimum atomic E-state index is 0.321. The van der Waals surface area contributed by atoms with E-state index in [1.807, 2.05) is 24.3 Å². The predicted octanol–water partition coefficient (Wildman–Crippen LogP) is 5.48. The number of piperidine rings is 1. The second kappa shape index (κ2) is 7.48. The molecular weight excluding hydrogens is 362 g/mol. The van der Waals surface area contributed by atoms with Gasteiger partial charge in [0.15, 0.2) is 11.5 Å². The summed E-state index contributed by atoms with van der Waals surface area (Å²) in [6.45, 7) is 6.97. The Morgan fingerprint density at radius 1 is 1.10 bits per heavy atom. The average molecular weight is 387 g/mol. The molecule has 5 heteroatoms. The van der Waals surface area contributed by atoms with Crippen molar-refractivity contribution in [2.24, 2.45) is 0 Å². The maximum absolute atomic E-state index is 6.02. The molecule has 1 aliphatic rings. The fraction of sp³-hybridized carbons (Fsp3) is 0.333. The molecule has 1 atom stereocenters. The topological polar surface area (TPSA) is 55.3 Å². The van der Waals surface area contributed by atoms with E-state index in [1.54, 1.807) is 6.26 Å². The molecule has 2 aromatic carbocycles. The van der Waals surface area contributed by atoms with E-state index >= 15 is 0 Å². The third-order valence-corrected chi connectivity index (χ3v) is 5.71. The van der Waals surface area contributed by atoms with Crippen LogP contribution in [0.5, 0.6) is 0 Å². The Morgan fingerprint density at radius 3 is 2.86 bits per heavy atom. The minimum Gasteiger partial charge on any atom is -0.444 e. The molecule has 5 nitrogen and oxygen atoms in total. The van der Waals surface area contributed by atoms with Crippen LogP contribution in [0.4, 0.5) is 0 Å². The van der Waals surface area contributed by atoms with Crippen molar-refractivity contribution in [3.05, 3.63) is 71.4 Å². The number of benzene rings is 2. The monoisotopic (exact) mass is 387 g/mol. The van der Waals surface area contributed by atoms with Crippen LogP contribution < -0.4 is 0 Å². The predicted molar refractivity (Wildman–Crippen MR) is 113 cm³/mol. The highest BCUT2D eigenvalue weighted by molar-refractivity contribution is 5.72. The Labute approximate surface area is 170 Å². The first-order chi connectivity index (χ1) is 14.2. The maximum atomic E-state index is 6.02. The first-order valence-corrected chi connectivity index (χ1v) is 10.3. The normalized spacial score (nSPS) is 17.8. The lowest BCUT2D eigenvalue weighted by molar-refractivity contribution is 0.185. The largest absolute Gasteiger partial charge is 0.444 e. The van der Waals surface area contributed by atoms with Crippen LogP contribution in [0.1, 0.15) is 41.5 Å². The van der Waals surface area contributed by atoms with Crippen LogP contribution in [0.25, 0.3) is 22.6 Å². The SMILES string of the molecule is Cc1ccc(-c2nc(CN3CCCC(c4nc5ccccc5o4)C3)co2)c(C)c1. The Balaban J connectivity index is 1.30. The molecule has 1 fully saturated rings. The van der Waals surface area contributed by atoms with Gasteiger partial charge in [-0.15, -0.1) is 0 Å². The van der Waals surface area contributed by atoms with Crippen LogP contribution in [-0.4, -0.2) is 28.0 Å². The van der Waals surface area contributed by atoms with Crippen LogP contribution in [0, 0.1) is 13.8 Å². The van der Waals surface area contributed by atoms with E-state index in [9.17, 15) is 0 Å². The summed E-state index contributed by atoms with van der Waals surface area (Å²) in [6, 6.07) is 14.3. The summed E-state index contributed by atoms with van der Waals surface area (Å²) in [5.74, 6) is 1.87. The van der Waals surface area contributed by atoms with Crippen molar-refractivity contribution in [2.75, 3.05) is 13.1 Å². The zero-order chi connectivity index (χ0) is 19.8. The van der Waals surface area contributed by atoms with Gasteiger partial charge in [-0.25, -0.2) is 9.97 Å². The van der Waals surface area contributed by atoms with Crippen molar-refractivity contribution in [3.8, 4) is 11.5 Å². The van der Waals surface area contributed by atoms with Crippen molar-refractivity contribution in [3.63, 3.8) is 0 Å². The zero-order valence-electron chi connectivity index (χ0n) is 16.9. The summed E-state index contributed by atoms with van der Waals surface area (Å²) < 4.78 is 11.8. The summed E-state index contributed by atoms with van der Waals surface area (Å²) in [5, 5.41) is 0. The van der Waals surface area contributed by atoms with E-state index in [2.05, 4.69) is 36.9 Å². The van der Waals surface area contributed by atoms with Crippen molar-refractivity contribution in [1.82, 2.24) is 14.9 Å². The van der Waals surface area contributed by atoms with Crippen LogP contribution in [0.15, 0.2) is 57.6 Å². The van der Waals surface area contributed by atoms with E-state index < -0.39 is 0 Å². The molecule has 5 rings (SSSR count).